The number of anilines is 3. The molecule has 0 atom stereocenters. The average Bonchev–Trinajstić information content (AvgIpc) is 2.85. The molecule has 3 aromatic rings. The molecule has 33 heavy (non-hydrogen) atoms. The van der Waals surface area contributed by atoms with Gasteiger partial charge in [0.25, 0.3) is 0 Å². The van der Waals surface area contributed by atoms with Crippen molar-refractivity contribution in [2.45, 2.75) is 6.92 Å². The maximum atomic E-state index is 13.2. The first kappa shape index (κ1) is 21.9. The van der Waals surface area contributed by atoms with Crippen molar-refractivity contribution >= 4 is 45.4 Å². The number of fused-ring (bicyclic) bond motifs is 1. The van der Waals surface area contributed by atoms with Crippen LogP contribution in [0.4, 0.5) is 21.6 Å². The summed E-state index contributed by atoms with van der Waals surface area (Å²) in [6, 6.07) is 15.1. The third-order valence-corrected chi connectivity index (χ3v) is 6.71. The Bertz CT molecular complexity index is 1140. The van der Waals surface area contributed by atoms with E-state index >= 15 is 0 Å². The van der Waals surface area contributed by atoms with Crippen molar-refractivity contribution in [3.05, 3.63) is 59.9 Å². The Morgan fingerprint density at radius 1 is 0.939 bits per heavy atom. The molecule has 2 fully saturated rings. The zero-order valence-corrected chi connectivity index (χ0v) is 19.6. The molecule has 6 nitrogen and oxygen atoms in total. The van der Waals surface area contributed by atoms with E-state index in [1.807, 2.05) is 18.2 Å². The highest BCUT2D eigenvalue weighted by atomic mass is 32.1. The number of hydrogen-bond donors (Lipinski definition) is 1. The molecule has 0 amide bonds. The van der Waals surface area contributed by atoms with Crippen LogP contribution in [0.3, 0.4) is 0 Å². The molecule has 0 aliphatic carbocycles. The lowest BCUT2D eigenvalue weighted by Gasteiger charge is -2.37. The normalized spacial score (nSPS) is 16.8. The quantitative estimate of drug-likeness (QED) is 0.586. The fourth-order valence-electron chi connectivity index (χ4n) is 4.43. The smallest absolute Gasteiger partial charge is 0.173 e. The monoisotopic (exact) mass is 465 g/mol. The van der Waals surface area contributed by atoms with Gasteiger partial charge in [0.2, 0.25) is 0 Å². The van der Waals surface area contributed by atoms with E-state index in [0.717, 1.165) is 85.7 Å². The molecular weight excluding hydrogens is 437 g/mol. The molecule has 5 rings (SSSR count). The number of pyridine rings is 1. The molecule has 2 aliphatic rings. The molecule has 0 unspecified atom stereocenters. The van der Waals surface area contributed by atoms with E-state index in [1.54, 1.807) is 0 Å². The molecule has 2 saturated heterocycles. The van der Waals surface area contributed by atoms with Crippen LogP contribution in [0.5, 0.6) is 0 Å². The molecule has 1 aromatic heterocycles. The first-order valence-corrected chi connectivity index (χ1v) is 11.8. The van der Waals surface area contributed by atoms with Gasteiger partial charge < -0.3 is 24.8 Å². The van der Waals surface area contributed by atoms with E-state index in [-0.39, 0.29) is 5.82 Å². The lowest BCUT2D eigenvalue weighted by molar-refractivity contribution is 0.122. The molecule has 0 bridgehead atoms. The van der Waals surface area contributed by atoms with Gasteiger partial charge in [0.1, 0.15) is 11.6 Å². The van der Waals surface area contributed by atoms with Crippen LogP contribution >= 0.6 is 12.2 Å². The van der Waals surface area contributed by atoms with Gasteiger partial charge in [0, 0.05) is 56.0 Å². The van der Waals surface area contributed by atoms with E-state index in [2.05, 4.69) is 45.1 Å². The van der Waals surface area contributed by atoms with Gasteiger partial charge in [-0.25, -0.2) is 9.37 Å². The number of piperazine rings is 1. The number of nitrogens with one attached hydrogen (secondary N) is 1. The molecule has 2 aromatic carbocycles. The van der Waals surface area contributed by atoms with E-state index in [1.165, 1.54) is 17.7 Å². The van der Waals surface area contributed by atoms with Crippen LogP contribution in [0.1, 0.15) is 5.56 Å². The summed E-state index contributed by atoms with van der Waals surface area (Å²) in [7, 11) is 0. The summed E-state index contributed by atoms with van der Waals surface area (Å²) in [6.45, 7) is 8.71. The second kappa shape index (κ2) is 9.49. The second-order valence-electron chi connectivity index (χ2n) is 8.51. The highest BCUT2D eigenvalue weighted by Gasteiger charge is 2.20. The minimum atomic E-state index is -0.207. The predicted molar refractivity (Wildman–Crippen MR) is 136 cm³/mol. The van der Waals surface area contributed by atoms with Gasteiger partial charge in [-0.3, -0.25) is 0 Å². The van der Waals surface area contributed by atoms with Crippen molar-refractivity contribution in [3.63, 3.8) is 0 Å². The number of benzene rings is 2. The number of halogens is 1. The summed E-state index contributed by atoms with van der Waals surface area (Å²) < 4.78 is 18.7. The van der Waals surface area contributed by atoms with E-state index < -0.39 is 0 Å². The number of aryl methyl sites for hydroxylation is 1. The van der Waals surface area contributed by atoms with Crippen molar-refractivity contribution in [2.24, 2.45) is 0 Å². The molecule has 172 valence electrons. The number of nitrogens with zero attached hydrogens (tertiary/aromatic N) is 4. The van der Waals surface area contributed by atoms with E-state index in [4.69, 9.17) is 21.9 Å². The van der Waals surface area contributed by atoms with Crippen LogP contribution in [-0.2, 0) is 4.74 Å². The van der Waals surface area contributed by atoms with E-state index in [9.17, 15) is 4.39 Å². The number of aromatic nitrogens is 1. The minimum absolute atomic E-state index is 0.207. The third-order valence-electron chi connectivity index (χ3n) is 6.35. The van der Waals surface area contributed by atoms with Crippen molar-refractivity contribution < 1.29 is 9.13 Å². The summed E-state index contributed by atoms with van der Waals surface area (Å²) in [5, 5.41) is 5.26. The molecule has 0 radical (unpaired) electrons. The Morgan fingerprint density at radius 3 is 2.39 bits per heavy atom. The van der Waals surface area contributed by atoms with Crippen molar-refractivity contribution in [1.82, 2.24) is 9.88 Å². The number of hydrogen-bond acceptors (Lipinski definition) is 5. The summed E-state index contributed by atoms with van der Waals surface area (Å²) in [4.78, 5) is 11.6. The lowest BCUT2D eigenvalue weighted by Crippen LogP contribution is -2.50. The van der Waals surface area contributed by atoms with Crippen LogP contribution in [0.2, 0.25) is 0 Å². The first-order valence-electron chi connectivity index (χ1n) is 11.4. The topological polar surface area (TPSA) is 43.9 Å². The van der Waals surface area contributed by atoms with Crippen LogP contribution in [0.25, 0.3) is 10.9 Å². The average molecular weight is 466 g/mol. The number of ether oxygens (including phenoxy) is 1. The van der Waals surface area contributed by atoms with Gasteiger partial charge in [0.15, 0.2) is 5.11 Å². The van der Waals surface area contributed by atoms with Gasteiger partial charge in [-0.15, -0.1) is 0 Å². The Labute approximate surface area is 198 Å². The van der Waals surface area contributed by atoms with Crippen LogP contribution < -0.4 is 15.1 Å². The minimum Gasteiger partial charge on any atom is -0.378 e. The third kappa shape index (κ3) is 4.86. The second-order valence-corrected chi connectivity index (χ2v) is 8.90. The number of thiocarbonyl (C=S) groups is 1. The summed E-state index contributed by atoms with van der Waals surface area (Å²) in [5.74, 6) is 0.805. The predicted octanol–water partition coefficient (Wildman–Crippen LogP) is 4.04. The molecule has 0 spiro atoms. The Morgan fingerprint density at radius 2 is 1.67 bits per heavy atom. The largest absolute Gasteiger partial charge is 0.378 e. The lowest BCUT2D eigenvalue weighted by atomic mass is 10.1. The summed E-state index contributed by atoms with van der Waals surface area (Å²) in [6.07, 6.45) is 0. The van der Waals surface area contributed by atoms with Gasteiger partial charge in [0.05, 0.1) is 18.7 Å². The molecule has 1 N–H and O–H groups in total. The zero-order chi connectivity index (χ0) is 22.8. The van der Waals surface area contributed by atoms with Gasteiger partial charge >= 0.3 is 0 Å². The Kier molecular flexibility index (Phi) is 6.28. The summed E-state index contributed by atoms with van der Waals surface area (Å²) >= 11 is 5.70. The molecule has 2 aliphatic heterocycles. The van der Waals surface area contributed by atoms with Crippen molar-refractivity contribution in [1.29, 1.82) is 0 Å². The summed E-state index contributed by atoms with van der Waals surface area (Å²) in [5.41, 5.74) is 4.20. The first-order chi connectivity index (χ1) is 16.1. The van der Waals surface area contributed by atoms with Crippen LogP contribution in [0.15, 0.2) is 48.5 Å². The zero-order valence-electron chi connectivity index (χ0n) is 18.8. The molecule has 8 heteroatoms. The fraction of sp³-hybridized carbons (Fsp3) is 0.360. The van der Waals surface area contributed by atoms with Crippen molar-refractivity contribution in [2.75, 3.05) is 67.6 Å². The Balaban J connectivity index is 1.24. The van der Waals surface area contributed by atoms with Gasteiger partial charge in [-0.05, 0) is 73.2 Å². The van der Waals surface area contributed by atoms with Crippen LogP contribution in [-0.4, -0.2) is 67.5 Å². The fourth-order valence-corrected chi connectivity index (χ4v) is 4.73. The highest BCUT2D eigenvalue weighted by Crippen LogP contribution is 2.26. The van der Waals surface area contributed by atoms with Gasteiger partial charge in [-0.2, -0.15) is 0 Å². The molecule has 3 heterocycles. The van der Waals surface area contributed by atoms with E-state index in [0.29, 0.717) is 0 Å². The van der Waals surface area contributed by atoms with Crippen LogP contribution in [0, 0.1) is 12.7 Å². The van der Waals surface area contributed by atoms with Gasteiger partial charge in [-0.1, -0.05) is 0 Å². The SMILES string of the molecule is Cc1cc(N2CCOCC2)nc2ccc(NC(=S)N3CCN(c4ccc(F)cc4)CC3)cc12. The Hall–Kier alpha value is -2.97. The molecular formula is C25H28FN5OS. The number of morpholine rings is 1. The highest BCUT2D eigenvalue weighted by molar-refractivity contribution is 7.80. The standard InChI is InChI=1S/C25H28FN5OS/c1-18-16-24(30-12-14-32-15-13-30)28-23-7-4-20(17-22(18)23)27-25(33)31-10-8-29(9-11-31)21-5-2-19(26)3-6-21/h2-7,16-17H,8-15H2,1H3,(H,27,33). The maximum Gasteiger partial charge on any atom is 0.173 e. The maximum absolute atomic E-state index is 13.2. The van der Waals surface area contributed by atoms with Crippen molar-refractivity contribution in [3.8, 4) is 0 Å². The number of rotatable bonds is 3. The molecule has 0 saturated carbocycles.